The topological polar surface area (TPSA) is 45.1 Å². The Morgan fingerprint density at radius 1 is 1.16 bits per heavy atom. The molecule has 2 aliphatic rings. The molecule has 0 saturated heterocycles. The Kier molecular flexibility index (Phi) is 5.40. The van der Waals surface area contributed by atoms with Crippen LogP contribution in [-0.2, 0) is 19.3 Å². The largest absolute Gasteiger partial charge is 0.396 e. The van der Waals surface area contributed by atoms with Crippen LogP contribution in [0.15, 0.2) is 54.3 Å². The molecule has 3 nitrogen and oxygen atoms in total. The Morgan fingerprint density at radius 3 is 2.72 bits per heavy atom. The van der Waals surface area contributed by atoms with Crippen LogP contribution in [0.4, 0.5) is 11.4 Å². The molecule has 2 N–H and O–H groups in total. The predicted octanol–water partition coefficient (Wildman–Crippen LogP) is 4.38. The zero-order valence-corrected chi connectivity index (χ0v) is 14.8. The van der Waals surface area contributed by atoms with Crippen LogP contribution in [0.5, 0.6) is 0 Å². The van der Waals surface area contributed by atoms with E-state index in [9.17, 15) is 0 Å². The standard InChI is InChI=1S/C21H20N2O.ClH/c24-13-12-15-8-10-17(11-9-15)22-21-14-20(16-4-1-2-5-16)23-19-7-3-6-18(19)21;/h1-2,4,8-11,14,24H,3,6-7,12-13H2,(H,22,23);1H. The quantitative estimate of drug-likeness (QED) is 0.785. The highest BCUT2D eigenvalue weighted by Crippen LogP contribution is 2.33. The van der Waals surface area contributed by atoms with Gasteiger partial charge in [0.1, 0.15) is 0 Å². The summed E-state index contributed by atoms with van der Waals surface area (Å²) in [4.78, 5) is 4.84. The van der Waals surface area contributed by atoms with E-state index in [0.717, 1.165) is 41.0 Å². The van der Waals surface area contributed by atoms with Gasteiger partial charge in [0, 0.05) is 29.2 Å². The third kappa shape index (κ3) is 3.69. The summed E-state index contributed by atoms with van der Waals surface area (Å²) in [6.07, 6.45) is 9.97. The number of pyridine rings is 1. The van der Waals surface area contributed by atoms with Crippen LogP contribution >= 0.6 is 12.4 Å². The van der Waals surface area contributed by atoms with Crippen molar-refractivity contribution in [2.45, 2.75) is 25.7 Å². The second-order valence-electron chi connectivity index (χ2n) is 6.21. The Morgan fingerprint density at radius 2 is 2.00 bits per heavy atom. The second-order valence-corrected chi connectivity index (χ2v) is 6.21. The molecule has 2 aromatic rings. The van der Waals surface area contributed by atoms with Gasteiger partial charge in [0.15, 0.2) is 0 Å². The first-order valence-corrected chi connectivity index (χ1v) is 8.47. The van der Waals surface area contributed by atoms with Crippen molar-refractivity contribution >= 4 is 29.4 Å². The second kappa shape index (κ2) is 7.71. The van der Waals surface area contributed by atoms with Crippen LogP contribution in [0, 0.1) is 0 Å². The first-order chi connectivity index (χ1) is 11.8. The number of hydrogen-bond donors (Lipinski definition) is 2. The molecule has 0 fully saturated rings. The zero-order valence-electron chi connectivity index (χ0n) is 14.0. The summed E-state index contributed by atoms with van der Waals surface area (Å²) < 4.78 is 0. The van der Waals surface area contributed by atoms with Gasteiger partial charge in [-0.05, 0) is 67.2 Å². The Labute approximate surface area is 154 Å². The first-order valence-electron chi connectivity index (χ1n) is 8.47. The number of nitrogens with zero attached hydrogens (tertiary/aromatic N) is 1. The molecule has 1 aromatic heterocycles. The lowest BCUT2D eigenvalue weighted by Gasteiger charge is -2.14. The highest BCUT2D eigenvalue weighted by molar-refractivity contribution is 5.85. The van der Waals surface area contributed by atoms with E-state index in [1.165, 1.54) is 17.7 Å². The van der Waals surface area contributed by atoms with E-state index >= 15 is 0 Å². The summed E-state index contributed by atoms with van der Waals surface area (Å²) >= 11 is 0. The molecule has 0 spiro atoms. The molecule has 0 bridgehead atoms. The van der Waals surface area contributed by atoms with Gasteiger partial charge in [0.2, 0.25) is 0 Å². The van der Waals surface area contributed by atoms with Gasteiger partial charge in [-0.3, -0.25) is 4.98 Å². The minimum Gasteiger partial charge on any atom is -0.396 e. The Hall–Kier alpha value is -2.32. The molecule has 4 heteroatoms. The van der Waals surface area contributed by atoms with Gasteiger partial charge in [-0.2, -0.15) is 0 Å². The van der Waals surface area contributed by atoms with Crippen molar-refractivity contribution in [2.75, 3.05) is 11.9 Å². The van der Waals surface area contributed by atoms with Gasteiger partial charge < -0.3 is 10.4 Å². The smallest absolute Gasteiger partial charge is 0.0803 e. The normalized spacial score (nSPS) is 14.2. The van der Waals surface area contributed by atoms with Gasteiger partial charge in [-0.1, -0.05) is 18.2 Å². The van der Waals surface area contributed by atoms with Crippen molar-refractivity contribution in [1.29, 1.82) is 0 Å². The van der Waals surface area contributed by atoms with Crippen LogP contribution in [0.1, 0.15) is 28.9 Å². The monoisotopic (exact) mass is 352 g/mol. The maximum absolute atomic E-state index is 9.03. The number of aromatic nitrogens is 1. The van der Waals surface area contributed by atoms with E-state index in [0.29, 0.717) is 6.42 Å². The molecule has 1 aromatic carbocycles. The van der Waals surface area contributed by atoms with E-state index in [1.807, 2.05) is 12.2 Å². The third-order valence-electron chi connectivity index (χ3n) is 4.56. The summed E-state index contributed by atoms with van der Waals surface area (Å²) in [6, 6.07) is 10.4. The highest BCUT2D eigenvalue weighted by atomic mass is 35.5. The number of hydrogen-bond acceptors (Lipinski definition) is 3. The summed E-state index contributed by atoms with van der Waals surface area (Å²) in [7, 11) is 0. The maximum Gasteiger partial charge on any atom is 0.0803 e. The van der Waals surface area contributed by atoms with Gasteiger partial charge >= 0.3 is 0 Å². The van der Waals surface area contributed by atoms with E-state index in [2.05, 4.69) is 47.5 Å². The number of aryl methyl sites for hydroxylation is 1. The average Bonchev–Trinajstić information content (AvgIpc) is 3.28. The number of aliphatic hydroxyl groups excluding tert-OH is 1. The van der Waals surface area contributed by atoms with Gasteiger partial charge in [0.05, 0.1) is 5.69 Å². The molecule has 1 heterocycles. The molecule has 0 aliphatic heterocycles. The summed E-state index contributed by atoms with van der Waals surface area (Å²) in [5, 5.41) is 12.6. The van der Waals surface area contributed by atoms with Crippen LogP contribution < -0.4 is 5.32 Å². The number of anilines is 2. The lowest BCUT2D eigenvalue weighted by molar-refractivity contribution is 0.299. The Bertz CT molecular complexity index is 862. The predicted molar refractivity (Wildman–Crippen MR) is 105 cm³/mol. The van der Waals surface area contributed by atoms with Crippen molar-refractivity contribution in [3.8, 4) is 0 Å². The number of halogens is 1. The minimum atomic E-state index is 0. The summed E-state index contributed by atoms with van der Waals surface area (Å²) in [6.45, 7) is 0.185. The van der Waals surface area contributed by atoms with E-state index in [4.69, 9.17) is 10.1 Å². The van der Waals surface area contributed by atoms with Crippen molar-refractivity contribution in [3.05, 3.63) is 76.8 Å². The van der Waals surface area contributed by atoms with Gasteiger partial charge in [0.25, 0.3) is 0 Å². The van der Waals surface area contributed by atoms with Crippen molar-refractivity contribution in [1.82, 2.24) is 4.98 Å². The molecule has 0 unspecified atom stereocenters. The van der Waals surface area contributed by atoms with Crippen molar-refractivity contribution in [3.63, 3.8) is 0 Å². The number of benzene rings is 1. The lowest BCUT2D eigenvalue weighted by Crippen LogP contribution is -2.01. The molecule has 4 rings (SSSR count). The fourth-order valence-electron chi connectivity index (χ4n) is 3.32. The van der Waals surface area contributed by atoms with Crippen LogP contribution in [0.25, 0.3) is 5.57 Å². The number of rotatable bonds is 5. The fraction of sp³-hybridized carbons (Fsp3) is 0.238. The highest BCUT2D eigenvalue weighted by Gasteiger charge is 2.19. The third-order valence-corrected chi connectivity index (χ3v) is 4.56. The maximum atomic E-state index is 9.03. The summed E-state index contributed by atoms with van der Waals surface area (Å²) in [5.41, 5.74) is 11.2. The van der Waals surface area contributed by atoms with Crippen molar-refractivity contribution < 1.29 is 5.11 Å². The van der Waals surface area contributed by atoms with E-state index < -0.39 is 0 Å². The molecule has 0 saturated carbocycles. The number of nitrogens with one attached hydrogen (secondary N) is 1. The first kappa shape index (κ1) is 17.5. The fourth-order valence-corrected chi connectivity index (χ4v) is 3.32. The van der Waals surface area contributed by atoms with Crippen LogP contribution in [0.3, 0.4) is 0 Å². The van der Waals surface area contributed by atoms with Crippen molar-refractivity contribution in [2.24, 2.45) is 0 Å². The molecule has 0 atom stereocenters. The molecular weight excluding hydrogens is 332 g/mol. The molecule has 2 aliphatic carbocycles. The molecule has 128 valence electrons. The SMILES string of the molecule is Cl.OCCc1ccc(Nc2cc(C3=C=CC=C3)nc3c2CCC3)cc1. The molecule has 25 heavy (non-hydrogen) atoms. The van der Waals surface area contributed by atoms with Crippen LogP contribution in [0.2, 0.25) is 0 Å². The molecule has 0 radical (unpaired) electrons. The number of allylic oxidation sites excluding steroid dienone is 3. The minimum absolute atomic E-state index is 0. The van der Waals surface area contributed by atoms with Gasteiger partial charge in [-0.25, -0.2) is 0 Å². The number of fused-ring (bicyclic) bond motifs is 1. The Balaban J connectivity index is 0.00000182. The molecule has 0 amide bonds. The lowest BCUT2D eigenvalue weighted by atomic mass is 10.1. The van der Waals surface area contributed by atoms with E-state index in [-0.39, 0.29) is 19.0 Å². The van der Waals surface area contributed by atoms with Gasteiger partial charge in [-0.15, -0.1) is 18.1 Å². The van der Waals surface area contributed by atoms with E-state index in [1.54, 1.807) is 0 Å². The van der Waals surface area contributed by atoms with Crippen LogP contribution in [-0.4, -0.2) is 16.7 Å². The average molecular weight is 353 g/mol. The summed E-state index contributed by atoms with van der Waals surface area (Å²) in [5.74, 6) is 0. The zero-order chi connectivity index (χ0) is 16.4. The number of aliphatic hydroxyl groups is 1. The molecular formula is C21H21ClN2O.